The van der Waals surface area contributed by atoms with Crippen LogP contribution in [0.1, 0.15) is 15.9 Å². The lowest BCUT2D eigenvalue weighted by Crippen LogP contribution is -2.22. The van der Waals surface area contributed by atoms with E-state index in [1.54, 1.807) is 21.3 Å². The van der Waals surface area contributed by atoms with Crippen molar-refractivity contribution in [3.63, 3.8) is 0 Å². The molecule has 1 aromatic heterocycles. The Balaban J connectivity index is 1.99. The molecule has 0 saturated heterocycles. The first-order chi connectivity index (χ1) is 12.0. The van der Waals surface area contributed by atoms with Crippen molar-refractivity contribution in [2.45, 2.75) is 6.54 Å². The Morgan fingerprint density at radius 2 is 1.80 bits per heavy atom. The standard InChI is InChI=1S/C16H17BrN4O4/c1-23-10-4-8(5-11(24-2)13(10)25-3)6-21-7-9(22)12-14(17)19-16(18)20-15(12)21/h4-5H,6-7H2,1-3H3,(H2,18,19,20). The summed E-state index contributed by atoms with van der Waals surface area (Å²) in [5, 5.41) is 0. The summed E-state index contributed by atoms with van der Waals surface area (Å²) in [5.41, 5.74) is 7.04. The zero-order valence-corrected chi connectivity index (χ0v) is 15.6. The van der Waals surface area contributed by atoms with Crippen molar-refractivity contribution >= 4 is 33.5 Å². The third-order valence-electron chi connectivity index (χ3n) is 3.87. The first-order valence-electron chi connectivity index (χ1n) is 7.38. The van der Waals surface area contributed by atoms with Gasteiger partial charge in [0.15, 0.2) is 17.3 Å². The minimum absolute atomic E-state index is 0.0608. The van der Waals surface area contributed by atoms with Crippen molar-refractivity contribution in [3.8, 4) is 17.2 Å². The van der Waals surface area contributed by atoms with Crippen LogP contribution in [0.25, 0.3) is 0 Å². The van der Waals surface area contributed by atoms with Crippen LogP contribution in [0, 0.1) is 0 Å². The van der Waals surface area contributed by atoms with Crippen LogP contribution in [0.4, 0.5) is 11.8 Å². The van der Waals surface area contributed by atoms with Gasteiger partial charge in [0.1, 0.15) is 10.4 Å². The molecule has 2 heterocycles. The number of carbonyl (C=O) groups excluding carboxylic acids is 1. The van der Waals surface area contributed by atoms with Crippen molar-refractivity contribution in [1.82, 2.24) is 9.97 Å². The van der Waals surface area contributed by atoms with E-state index < -0.39 is 0 Å². The van der Waals surface area contributed by atoms with Gasteiger partial charge in [0.25, 0.3) is 0 Å². The lowest BCUT2D eigenvalue weighted by atomic mass is 10.1. The SMILES string of the molecule is COc1cc(CN2CC(=O)c3c(Br)nc(N)nc32)cc(OC)c1OC. The number of ether oxygens (including phenoxy) is 3. The molecule has 1 aromatic carbocycles. The van der Waals surface area contributed by atoms with Crippen LogP contribution >= 0.6 is 15.9 Å². The predicted molar refractivity (Wildman–Crippen MR) is 95.6 cm³/mol. The molecule has 1 aliphatic rings. The molecule has 25 heavy (non-hydrogen) atoms. The van der Waals surface area contributed by atoms with Gasteiger partial charge in [0.2, 0.25) is 11.7 Å². The second-order valence-electron chi connectivity index (χ2n) is 5.38. The van der Waals surface area contributed by atoms with E-state index in [4.69, 9.17) is 19.9 Å². The molecule has 0 unspecified atom stereocenters. The Labute approximate surface area is 153 Å². The zero-order chi connectivity index (χ0) is 18.1. The molecule has 2 aromatic rings. The number of hydrogen-bond donors (Lipinski definition) is 1. The van der Waals surface area contributed by atoms with Crippen molar-refractivity contribution in [3.05, 3.63) is 27.9 Å². The molecule has 0 amide bonds. The number of carbonyl (C=O) groups is 1. The van der Waals surface area contributed by atoms with Gasteiger partial charge in [-0.2, -0.15) is 4.98 Å². The van der Waals surface area contributed by atoms with Gasteiger partial charge < -0.3 is 24.8 Å². The van der Waals surface area contributed by atoms with E-state index in [0.717, 1.165) is 5.56 Å². The highest BCUT2D eigenvalue weighted by Gasteiger charge is 2.32. The number of halogens is 1. The lowest BCUT2D eigenvalue weighted by molar-refractivity contribution is 0.101. The van der Waals surface area contributed by atoms with Crippen molar-refractivity contribution < 1.29 is 19.0 Å². The number of nitrogens with zero attached hydrogens (tertiary/aromatic N) is 3. The predicted octanol–water partition coefficient (Wildman–Crippen LogP) is 2.05. The summed E-state index contributed by atoms with van der Waals surface area (Å²) in [7, 11) is 4.66. The molecule has 0 atom stereocenters. The molecule has 0 aliphatic carbocycles. The summed E-state index contributed by atoms with van der Waals surface area (Å²) in [4.78, 5) is 22.3. The molecule has 1 aliphatic heterocycles. The molecule has 0 radical (unpaired) electrons. The van der Waals surface area contributed by atoms with Gasteiger partial charge >= 0.3 is 0 Å². The Morgan fingerprint density at radius 1 is 1.16 bits per heavy atom. The van der Waals surface area contributed by atoms with E-state index in [1.807, 2.05) is 17.0 Å². The maximum absolute atomic E-state index is 12.3. The molecule has 3 rings (SSSR count). The number of aromatic nitrogens is 2. The second-order valence-corrected chi connectivity index (χ2v) is 6.14. The normalized spacial score (nSPS) is 13.0. The molecular formula is C16H17BrN4O4. The number of ketones is 1. The third-order valence-corrected chi connectivity index (χ3v) is 4.45. The fraction of sp³-hybridized carbons (Fsp3) is 0.312. The monoisotopic (exact) mass is 408 g/mol. The molecule has 132 valence electrons. The Morgan fingerprint density at radius 3 is 2.36 bits per heavy atom. The maximum Gasteiger partial charge on any atom is 0.223 e. The molecule has 9 heteroatoms. The molecule has 0 bridgehead atoms. The summed E-state index contributed by atoms with van der Waals surface area (Å²) >= 11 is 3.28. The van der Waals surface area contributed by atoms with Crippen molar-refractivity contribution in [2.24, 2.45) is 0 Å². The molecule has 0 saturated carbocycles. The molecular weight excluding hydrogens is 392 g/mol. The van der Waals surface area contributed by atoms with Gasteiger partial charge in [-0.3, -0.25) is 4.79 Å². The number of Topliss-reactive ketones (excluding diaryl/α,β-unsaturated/α-hetero) is 1. The Hall–Kier alpha value is -2.55. The smallest absolute Gasteiger partial charge is 0.223 e. The average molecular weight is 409 g/mol. The summed E-state index contributed by atoms with van der Waals surface area (Å²) in [5.74, 6) is 2.17. The van der Waals surface area contributed by atoms with E-state index in [0.29, 0.717) is 39.8 Å². The fourth-order valence-electron chi connectivity index (χ4n) is 2.81. The number of nitrogen functional groups attached to an aromatic ring is 1. The minimum atomic E-state index is -0.0608. The lowest BCUT2D eigenvalue weighted by Gasteiger charge is -2.20. The maximum atomic E-state index is 12.3. The first kappa shape index (κ1) is 17.3. The number of benzene rings is 1. The van der Waals surface area contributed by atoms with Gasteiger partial charge in [-0.1, -0.05) is 0 Å². The number of rotatable bonds is 5. The summed E-state index contributed by atoms with van der Waals surface area (Å²) in [6, 6.07) is 3.67. The molecule has 0 fully saturated rings. The number of fused-ring (bicyclic) bond motifs is 1. The van der Waals surface area contributed by atoms with Crippen molar-refractivity contribution in [1.29, 1.82) is 0 Å². The van der Waals surface area contributed by atoms with Crippen LogP contribution in [-0.2, 0) is 6.54 Å². The van der Waals surface area contributed by atoms with Crippen LogP contribution < -0.4 is 24.8 Å². The van der Waals surface area contributed by atoms with Crippen LogP contribution in [0.3, 0.4) is 0 Å². The third kappa shape index (κ3) is 3.07. The van der Waals surface area contributed by atoms with E-state index in [-0.39, 0.29) is 18.3 Å². The molecule has 8 nitrogen and oxygen atoms in total. The van der Waals surface area contributed by atoms with Gasteiger partial charge in [0, 0.05) is 6.54 Å². The van der Waals surface area contributed by atoms with Crippen LogP contribution in [0.15, 0.2) is 16.7 Å². The number of nitrogens with two attached hydrogens (primary N) is 1. The average Bonchev–Trinajstić information content (AvgIpc) is 2.89. The largest absolute Gasteiger partial charge is 0.493 e. The number of hydrogen-bond acceptors (Lipinski definition) is 8. The summed E-state index contributed by atoms with van der Waals surface area (Å²) in [6.07, 6.45) is 0. The summed E-state index contributed by atoms with van der Waals surface area (Å²) in [6.45, 7) is 0.626. The highest BCUT2D eigenvalue weighted by atomic mass is 79.9. The Bertz CT molecular complexity index is 818. The fourth-order valence-corrected chi connectivity index (χ4v) is 3.39. The van der Waals surface area contributed by atoms with E-state index >= 15 is 0 Å². The van der Waals surface area contributed by atoms with Gasteiger partial charge in [-0.15, -0.1) is 0 Å². The zero-order valence-electron chi connectivity index (χ0n) is 14.0. The van der Waals surface area contributed by atoms with E-state index in [2.05, 4.69) is 25.9 Å². The molecule has 0 spiro atoms. The van der Waals surface area contributed by atoms with Crippen LogP contribution in [-0.4, -0.2) is 43.6 Å². The van der Waals surface area contributed by atoms with Crippen LogP contribution in [0.2, 0.25) is 0 Å². The van der Waals surface area contributed by atoms with Crippen molar-refractivity contribution in [2.75, 3.05) is 38.5 Å². The topological polar surface area (TPSA) is 99.8 Å². The van der Waals surface area contributed by atoms with E-state index in [1.165, 1.54) is 0 Å². The highest BCUT2D eigenvalue weighted by Crippen LogP contribution is 2.39. The first-order valence-corrected chi connectivity index (χ1v) is 8.17. The second kappa shape index (κ2) is 6.75. The summed E-state index contributed by atoms with van der Waals surface area (Å²) < 4.78 is 16.5. The minimum Gasteiger partial charge on any atom is -0.493 e. The number of anilines is 2. The highest BCUT2D eigenvalue weighted by molar-refractivity contribution is 9.10. The van der Waals surface area contributed by atoms with Gasteiger partial charge in [0.05, 0.1) is 33.4 Å². The van der Waals surface area contributed by atoms with E-state index in [9.17, 15) is 4.79 Å². The van der Waals surface area contributed by atoms with Crippen LogP contribution in [0.5, 0.6) is 17.2 Å². The van der Waals surface area contributed by atoms with Gasteiger partial charge in [-0.25, -0.2) is 4.98 Å². The Kier molecular flexibility index (Phi) is 4.67. The van der Waals surface area contributed by atoms with Gasteiger partial charge in [-0.05, 0) is 33.6 Å². The quantitative estimate of drug-likeness (QED) is 0.750. The molecule has 2 N–H and O–H groups in total. The number of methoxy groups -OCH3 is 3.